The fourth-order valence-electron chi connectivity index (χ4n) is 4.12. The molecule has 4 rings (SSSR count). The summed E-state index contributed by atoms with van der Waals surface area (Å²) in [5.74, 6) is 0.901. The monoisotopic (exact) mass is 450 g/mol. The molecule has 0 atom stereocenters. The van der Waals surface area contributed by atoms with E-state index in [1.54, 1.807) is 18.2 Å². The van der Waals surface area contributed by atoms with Gasteiger partial charge < -0.3 is 4.90 Å². The predicted molar refractivity (Wildman–Crippen MR) is 130 cm³/mol. The third-order valence-corrected chi connectivity index (χ3v) is 7.60. The van der Waals surface area contributed by atoms with Crippen LogP contribution in [-0.2, 0) is 10.0 Å². The van der Waals surface area contributed by atoms with Crippen LogP contribution >= 0.6 is 0 Å². The van der Waals surface area contributed by atoms with Crippen molar-refractivity contribution in [3.63, 3.8) is 0 Å². The van der Waals surface area contributed by atoms with Crippen molar-refractivity contribution < 1.29 is 8.42 Å². The molecule has 2 aromatic carbocycles. The van der Waals surface area contributed by atoms with Gasteiger partial charge >= 0.3 is 0 Å². The first-order chi connectivity index (χ1) is 15.3. The summed E-state index contributed by atoms with van der Waals surface area (Å²) in [6.07, 6.45) is 4.91. The van der Waals surface area contributed by atoms with E-state index in [4.69, 9.17) is 0 Å². The Kier molecular flexibility index (Phi) is 6.46. The lowest BCUT2D eigenvalue weighted by atomic mass is 10.1. The number of sulfonamides is 1. The summed E-state index contributed by atoms with van der Waals surface area (Å²) in [6.45, 7) is 7.75. The van der Waals surface area contributed by atoms with Crippen LogP contribution in [0.2, 0.25) is 0 Å². The van der Waals surface area contributed by atoms with Gasteiger partial charge in [-0.2, -0.15) is 0 Å². The van der Waals surface area contributed by atoms with E-state index >= 15 is 0 Å². The van der Waals surface area contributed by atoms with E-state index in [1.165, 1.54) is 25.7 Å². The van der Waals surface area contributed by atoms with Gasteiger partial charge in [0.15, 0.2) is 5.82 Å². The standard InChI is InChI=1S/C25H30N4O2S/c1-18-15-20(3)24(16-19(18)2)32(30,31)28-22-10-8-9-21(17-22)23-11-12-25(27-26-23)29-13-6-4-5-7-14-29/h8-12,15-17,28H,4-7,13-14H2,1-3H3. The van der Waals surface area contributed by atoms with Gasteiger partial charge in [-0.05, 0) is 80.6 Å². The lowest BCUT2D eigenvalue weighted by Gasteiger charge is -2.20. The molecule has 1 saturated heterocycles. The van der Waals surface area contributed by atoms with Gasteiger partial charge in [0.1, 0.15) is 0 Å². The summed E-state index contributed by atoms with van der Waals surface area (Å²) in [6, 6.07) is 14.9. The molecule has 1 aliphatic rings. The van der Waals surface area contributed by atoms with E-state index in [-0.39, 0.29) is 0 Å². The summed E-state index contributed by atoms with van der Waals surface area (Å²) in [7, 11) is -3.70. The zero-order valence-electron chi connectivity index (χ0n) is 18.9. The molecule has 7 heteroatoms. The number of aromatic nitrogens is 2. The number of aryl methyl sites for hydroxylation is 3. The molecule has 6 nitrogen and oxygen atoms in total. The summed E-state index contributed by atoms with van der Waals surface area (Å²) in [5, 5.41) is 8.86. The van der Waals surface area contributed by atoms with Crippen molar-refractivity contribution in [1.82, 2.24) is 10.2 Å². The van der Waals surface area contributed by atoms with Crippen molar-refractivity contribution in [2.75, 3.05) is 22.7 Å². The molecule has 1 aliphatic heterocycles. The van der Waals surface area contributed by atoms with Gasteiger partial charge in [-0.15, -0.1) is 10.2 Å². The second-order valence-electron chi connectivity index (χ2n) is 8.57. The first-order valence-corrected chi connectivity index (χ1v) is 12.6. The minimum absolute atomic E-state index is 0.299. The van der Waals surface area contributed by atoms with E-state index in [2.05, 4.69) is 19.8 Å². The average molecular weight is 451 g/mol. The van der Waals surface area contributed by atoms with Gasteiger partial charge in [0, 0.05) is 24.3 Å². The predicted octanol–water partition coefficient (Wildman–Crippen LogP) is 5.25. The number of nitrogens with one attached hydrogen (secondary N) is 1. The SMILES string of the molecule is Cc1cc(C)c(S(=O)(=O)Nc2cccc(-c3ccc(N4CCCCCC4)nn3)c2)cc1C. The van der Waals surface area contributed by atoms with Crippen LogP contribution in [0, 0.1) is 20.8 Å². The van der Waals surface area contributed by atoms with E-state index < -0.39 is 10.0 Å². The molecule has 168 valence electrons. The second-order valence-corrected chi connectivity index (χ2v) is 10.2. The Morgan fingerprint density at radius 1 is 0.812 bits per heavy atom. The lowest BCUT2D eigenvalue weighted by Crippen LogP contribution is -2.25. The van der Waals surface area contributed by atoms with Gasteiger partial charge in [-0.1, -0.05) is 31.0 Å². The van der Waals surface area contributed by atoms with E-state index in [0.29, 0.717) is 16.3 Å². The maximum absolute atomic E-state index is 13.0. The number of hydrogen-bond acceptors (Lipinski definition) is 5. The number of anilines is 2. The molecule has 2 heterocycles. The zero-order chi connectivity index (χ0) is 22.7. The Bertz CT molecular complexity index is 1200. The van der Waals surface area contributed by atoms with Crippen molar-refractivity contribution >= 4 is 21.5 Å². The molecule has 0 unspecified atom stereocenters. The Balaban J connectivity index is 1.55. The highest BCUT2D eigenvalue weighted by atomic mass is 32.2. The van der Waals surface area contributed by atoms with Crippen LogP contribution in [0.25, 0.3) is 11.3 Å². The van der Waals surface area contributed by atoms with Gasteiger partial charge in [0.2, 0.25) is 0 Å². The Morgan fingerprint density at radius 2 is 1.53 bits per heavy atom. The molecule has 0 aliphatic carbocycles. The van der Waals surface area contributed by atoms with Crippen molar-refractivity contribution in [1.29, 1.82) is 0 Å². The second kappa shape index (κ2) is 9.28. The molecular formula is C25H30N4O2S. The molecule has 0 saturated carbocycles. The van der Waals surface area contributed by atoms with Crippen LogP contribution < -0.4 is 9.62 Å². The van der Waals surface area contributed by atoms with Crippen LogP contribution in [0.5, 0.6) is 0 Å². The molecule has 1 aromatic heterocycles. The largest absolute Gasteiger partial charge is 0.355 e. The summed E-state index contributed by atoms with van der Waals surface area (Å²) < 4.78 is 28.8. The number of nitrogens with zero attached hydrogens (tertiary/aromatic N) is 3. The molecule has 1 fully saturated rings. The zero-order valence-corrected chi connectivity index (χ0v) is 19.7. The molecule has 0 spiro atoms. The average Bonchev–Trinajstić information content (AvgIpc) is 3.06. The Labute approximate surface area is 190 Å². The van der Waals surface area contributed by atoms with Crippen molar-refractivity contribution in [3.05, 3.63) is 65.2 Å². The third-order valence-electron chi connectivity index (χ3n) is 6.07. The number of hydrogen-bond donors (Lipinski definition) is 1. The van der Waals surface area contributed by atoms with Crippen LogP contribution in [0.3, 0.4) is 0 Å². The van der Waals surface area contributed by atoms with Crippen LogP contribution in [0.4, 0.5) is 11.5 Å². The van der Waals surface area contributed by atoms with Crippen LogP contribution in [0.1, 0.15) is 42.4 Å². The minimum Gasteiger partial charge on any atom is -0.355 e. The molecular weight excluding hydrogens is 420 g/mol. The molecule has 1 N–H and O–H groups in total. The summed E-state index contributed by atoms with van der Waals surface area (Å²) >= 11 is 0. The van der Waals surface area contributed by atoms with Gasteiger partial charge in [-0.25, -0.2) is 8.42 Å². The molecule has 0 bridgehead atoms. The van der Waals surface area contributed by atoms with Crippen molar-refractivity contribution in [2.45, 2.75) is 51.3 Å². The maximum atomic E-state index is 13.0. The quantitative estimate of drug-likeness (QED) is 0.575. The van der Waals surface area contributed by atoms with Gasteiger partial charge in [0.25, 0.3) is 10.0 Å². The highest BCUT2D eigenvalue weighted by Crippen LogP contribution is 2.26. The molecule has 0 amide bonds. The first kappa shape index (κ1) is 22.3. The van der Waals surface area contributed by atoms with E-state index in [0.717, 1.165) is 41.2 Å². The molecule has 32 heavy (non-hydrogen) atoms. The topological polar surface area (TPSA) is 75.2 Å². The van der Waals surface area contributed by atoms with Crippen molar-refractivity contribution in [3.8, 4) is 11.3 Å². The van der Waals surface area contributed by atoms with Crippen LogP contribution in [-0.4, -0.2) is 31.7 Å². The van der Waals surface area contributed by atoms with Gasteiger partial charge in [-0.3, -0.25) is 4.72 Å². The Morgan fingerprint density at radius 3 is 2.22 bits per heavy atom. The fraction of sp³-hybridized carbons (Fsp3) is 0.360. The molecule has 0 radical (unpaired) electrons. The van der Waals surface area contributed by atoms with Gasteiger partial charge in [0.05, 0.1) is 10.6 Å². The van der Waals surface area contributed by atoms with Crippen molar-refractivity contribution in [2.24, 2.45) is 0 Å². The minimum atomic E-state index is -3.70. The van der Waals surface area contributed by atoms with Crippen LogP contribution in [0.15, 0.2) is 53.4 Å². The lowest BCUT2D eigenvalue weighted by molar-refractivity contribution is 0.600. The maximum Gasteiger partial charge on any atom is 0.262 e. The van der Waals surface area contributed by atoms with E-state index in [1.807, 2.05) is 51.1 Å². The molecule has 3 aromatic rings. The highest BCUT2D eigenvalue weighted by molar-refractivity contribution is 7.92. The fourth-order valence-corrected chi connectivity index (χ4v) is 5.49. The highest BCUT2D eigenvalue weighted by Gasteiger charge is 2.18. The number of benzene rings is 2. The summed E-state index contributed by atoms with van der Waals surface area (Å²) in [4.78, 5) is 2.59. The normalized spacial score (nSPS) is 14.8. The van der Waals surface area contributed by atoms with E-state index in [9.17, 15) is 8.42 Å². The smallest absolute Gasteiger partial charge is 0.262 e. The number of rotatable bonds is 5. The first-order valence-electron chi connectivity index (χ1n) is 11.1. The summed E-state index contributed by atoms with van der Waals surface area (Å²) in [5.41, 5.74) is 4.78. The third kappa shape index (κ3) is 4.93. The Hall–Kier alpha value is -2.93.